The van der Waals surface area contributed by atoms with Crippen LogP contribution in [0.1, 0.15) is 70.6 Å². The standard InChI is InChI=1S/C36H63N9O6S/c46-26(18-44-10-7-23-13-27(6-5-24(23)17-44)50-19-28-16-37-22-51-28)15-38-35(48)29-14-32(40-21-39-29)41-25-8-11-45(12-9-25)33(47)4-2-1-3-31-34-30(20-52-31)42-36(49)43-34/h23-32,34,37,39-41,46H,1-22H2,(H,38,48)(H2,42,43,49)/t23?,24?,26-,27?,28?,29?,30-,31-,32?,34-/m0/s1. The van der Waals surface area contributed by atoms with Crippen LogP contribution in [0.3, 0.4) is 0 Å². The van der Waals surface area contributed by atoms with Gasteiger partial charge in [-0.05, 0) is 69.7 Å². The Morgan fingerprint density at radius 3 is 2.77 bits per heavy atom. The second-order valence-electron chi connectivity index (χ2n) is 16.2. The molecule has 52 heavy (non-hydrogen) atoms. The first-order chi connectivity index (χ1) is 25.4. The lowest BCUT2D eigenvalue weighted by Crippen LogP contribution is -2.62. The predicted octanol–water partition coefficient (Wildman–Crippen LogP) is -0.542. The van der Waals surface area contributed by atoms with Gasteiger partial charge in [0.15, 0.2) is 0 Å². The van der Waals surface area contributed by atoms with Crippen LogP contribution in [0.15, 0.2) is 0 Å². The highest BCUT2D eigenvalue weighted by Gasteiger charge is 2.42. The molecule has 0 bridgehead atoms. The summed E-state index contributed by atoms with van der Waals surface area (Å²) >= 11 is 1.93. The summed E-state index contributed by atoms with van der Waals surface area (Å²) in [5.41, 5.74) is 0. The van der Waals surface area contributed by atoms with E-state index in [1.54, 1.807) is 0 Å². The number of hydrogen-bond donors (Lipinski definition) is 8. The number of carbonyl (C=O) groups excluding carboxylic acids is 3. The number of β-amino-alcohol motifs (C(OH)–C–C–N with tert-alkyl or cyclic N) is 1. The molecular weight excluding hydrogens is 687 g/mol. The molecule has 7 rings (SSSR count). The molecule has 6 unspecified atom stereocenters. The molecule has 0 aromatic heterocycles. The molecule has 7 fully saturated rings. The highest BCUT2D eigenvalue weighted by atomic mass is 32.2. The smallest absolute Gasteiger partial charge is 0.315 e. The van der Waals surface area contributed by atoms with E-state index in [1.807, 2.05) is 16.7 Å². The van der Waals surface area contributed by atoms with Crippen LogP contribution >= 0.6 is 11.8 Å². The first-order valence-corrected chi connectivity index (χ1v) is 21.2. The van der Waals surface area contributed by atoms with Gasteiger partial charge in [-0.2, -0.15) is 11.8 Å². The minimum absolute atomic E-state index is 0.0110. The number of amides is 4. The molecule has 16 heteroatoms. The number of urea groups is 1. The molecule has 1 saturated carbocycles. The van der Waals surface area contributed by atoms with E-state index >= 15 is 0 Å². The number of likely N-dealkylation sites (tertiary alicyclic amines) is 2. The fraction of sp³-hybridized carbons (Fsp3) is 0.917. The van der Waals surface area contributed by atoms with Crippen molar-refractivity contribution in [2.24, 2.45) is 11.8 Å². The SMILES string of the molecule is O=C1N[C@H]2[C@H](CS[C@H]2CCCCC(=O)N2CCC(NC3CC(C(=O)NC[C@H](O)CN4CCC5CC(OCC6CNCO6)CCC5C4)NCN3)CC2)N1. The molecule has 6 saturated heterocycles. The largest absolute Gasteiger partial charge is 0.390 e. The molecule has 6 aliphatic heterocycles. The minimum Gasteiger partial charge on any atom is -0.390 e. The Bertz CT molecular complexity index is 1190. The number of piperidine rings is 2. The van der Waals surface area contributed by atoms with Crippen molar-refractivity contribution in [1.82, 2.24) is 47.0 Å². The van der Waals surface area contributed by atoms with Crippen molar-refractivity contribution >= 4 is 29.6 Å². The van der Waals surface area contributed by atoms with Gasteiger partial charge in [0.2, 0.25) is 11.8 Å². The van der Waals surface area contributed by atoms with E-state index in [2.05, 4.69) is 42.1 Å². The summed E-state index contributed by atoms with van der Waals surface area (Å²) in [6.45, 7) is 7.05. The fourth-order valence-corrected chi connectivity index (χ4v) is 11.1. The van der Waals surface area contributed by atoms with E-state index in [4.69, 9.17) is 9.47 Å². The molecular formula is C36H63N9O6S. The highest BCUT2D eigenvalue weighted by molar-refractivity contribution is 8.00. The quantitative estimate of drug-likeness (QED) is 0.0793. The van der Waals surface area contributed by atoms with Crippen molar-refractivity contribution in [1.29, 1.82) is 0 Å². The molecule has 6 heterocycles. The van der Waals surface area contributed by atoms with Crippen LogP contribution in [0.25, 0.3) is 0 Å². The Kier molecular flexibility index (Phi) is 13.9. The van der Waals surface area contributed by atoms with Gasteiger partial charge in [0.05, 0.1) is 55.9 Å². The molecule has 4 amide bonds. The van der Waals surface area contributed by atoms with Gasteiger partial charge in [-0.15, -0.1) is 0 Å². The number of rotatable bonds is 15. The van der Waals surface area contributed by atoms with Crippen LogP contribution in [0.2, 0.25) is 0 Å². The number of aliphatic hydroxyl groups is 1. The topological polar surface area (TPSA) is 181 Å². The number of aliphatic hydroxyl groups excluding tert-OH is 1. The Balaban J connectivity index is 0.730. The molecule has 0 aromatic carbocycles. The van der Waals surface area contributed by atoms with Crippen molar-refractivity contribution in [3.63, 3.8) is 0 Å². The highest BCUT2D eigenvalue weighted by Crippen LogP contribution is 2.38. The average Bonchev–Trinajstić information content (AvgIpc) is 3.90. The molecule has 7 aliphatic rings. The van der Waals surface area contributed by atoms with E-state index in [9.17, 15) is 19.5 Å². The van der Waals surface area contributed by atoms with Gasteiger partial charge >= 0.3 is 6.03 Å². The molecule has 15 nitrogen and oxygen atoms in total. The second kappa shape index (κ2) is 18.7. The van der Waals surface area contributed by atoms with Gasteiger partial charge in [-0.25, -0.2) is 4.79 Å². The zero-order chi connectivity index (χ0) is 35.9. The fourth-order valence-electron chi connectivity index (χ4n) is 9.51. The van der Waals surface area contributed by atoms with Gasteiger partial charge in [-0.3, -0.25) is 30.9 Å². The van der Waals surface area contributed by atoms with Gasteiger partial charge in [0, 0.05) is 75.8 Å². The Morgan fingerprint density at radius 2 is 1.92 bits per heavy atom. The van der Waals surface area contributed by atoms with Crippen LogP contribution in [-0.4, -0.2) is 158 Å². The zero-order valence-electron chi connectivity index (χ0n) is 30.7. The lowest BCUT2D eigenvalue weighted by molar-refractivity contribution is -0.132. The van der Waals surface area contributed by atoms with Gasteiger partial charge < -0.3 is 40.3 Å². The van der Waals surface area contributed by atoms with Crippen molar-refractivity contribution < 1.29 is 29.0 Å². The molecule has 10 atom stereocenters. The van der Waals surface area contributed by atoms with Crippen molar-refractivity contribution in [2.75, 3.05) is 71.6 Å². The lowest BCUT2D eigenvalue weighted by atomic mass is 9.74. The van der Waals surface area contributed by atoms with Crippen molar-refractivity contribution in [3.05, 3.63) is 0 Å². The van der Waals surface area contributed by atoms with Crippen LogP contribution in [0.5, 0.6) is 0 Å². The summed E-state index contributed by atoms with van der Waals surface area (Å²) < 4.78 is 11.8. The first-order valence-electron chi connectivity index (χ1n) is 20.2. The number of hydrogen-bond acceptors (Lipinski definition) is 12. The summed E-state index contributed by atoms with van der Waals surface area (Å²) in [6, 6.07) is 0.392. The van der Waals surface area contributed by atoms with E-state index < -0.39 is 6.10 Å². The molecule has 0 aromatic rings. The zero-order valence-corrected chi connectivity index (χ0v) is 31.5. The maximum Gasteiger partial charge on any atom is 0.315 e. The third kappa shape index (κ3) is 10.5. The summed E-state index contributed by atoms with van der Waals surface area (Å²) in [7, 11) is 0. The molecule has 8 N–H and O–H groups in total. The number of thioether (sulfide) groups is 1. The number of ether oxygens (including phenoxy) is 2. The van der Waals surface area contributed by atoms with E-state index in [0.717, 1.165) is 89.8 Å². The number of carbonyl (C=O) groups is 3. The summed E-state index contributed by atoms with van der Waals surface area (Å²) in [5, 5.41) is 34.0. The third-order valence-electron chi connectivity index (χ3n) is 12.5. The summed E-state index contributed by atoms with van der Waals surface area (Å²) in [6.07, 6.45) is 10.4. The number of unbranched alkanes of at least 4 members (excludes halogenated alkanes) is 1. The van der Waals surface area contributed by atoms with E-state index in [0.29, 0.717) is 68.6 Å². The van der Waals surface area contributed by atoms with Crippen LogP contribution in [-0.2, 0) is 19.1 Å². The van der Waals surface area contributed by atoms with E-state index in [1.165, 1.54) is 6.42 Å². The Labute approximate surface area is 312 Å². The summed E-state index contributed by atoms with van der Waals surface area (Å²) in [5.74, 6) is 2.48. The van der Waals surface area contributed by atoms with Crippen LogP contribution in [0, 0.1) is 11.8 Å². The number of nitrogens with zero attached hydrogens (tertiary/aromatic N) is 2. The summed E-state index contributed by atoms with van der Waals surface area (Å²) in [4.78, 5) is 42.0. The molecule has 0 radical (unpaired) electrons. The molecule has 0 spiro atoms. The van der Waals surface area contributed by atoms with Gasteiger partial charge in [0.25, 0.3) is 0 Å². The normalized spacial score (nSPS) is 36.1. The average molecular weight is 750 g/mol. The number of nitrogens with one attached hydrogen (secondary N) is 7. The van der Waals surface area contributed by atoms with Crippen LogP contribution < -0.4 is 37.2 Å². The van der Waals surface area contributed by atoms with E-state index in [-0.39, 0.29) is 54.8 Å². The second-order valence-corrected chi connectivity index (χ2v) is 17.5. The lowest BCUT2D eigenvalue weighted by Gasteiger charge is -2.44. The van der Waals surface area contributed by atoms with Gasteiger partial charge in [0.1, 0.15) is 0 Å². The maximum atomic E-state index is 13.1. The predicted molar refractivity (Wildman–Crippen MR) is 198 cm³/mol. The monoisotopic (exact) mass is 749 g/mol. The van der Waals surface area contributed by atoms with Crippen molar-refractivity contribution in [3.8, 4) is 0 Å². The number of fused-ring (bicyclic) bond motifs is 2. The van der Waals surface area contributed by atoms with Crippen LogP contribution in [0.4, 0.5) is 4.79 Å². The maximum absolute atomic E-state index is 13.1. The Hall–Kier alpha value is -1.76. The van der Waals surface area contributed by atoms with Crippen molar-refractivity contribution in [2.45, 2.75) is 125 Å². The minimum atomic E-state index is -0.600. The first kappa shape index (κ1) is 38.5. The Morgan fingerprint density at radius 1 is 1.04 bits per heavy atom. The molecule has 294 valence electrons. The van der Waals surface area contributed by atoms with Gasteiger partial charge in [-0.1, -0.05) is 6.42 Å². The third-order valence-corrected chi connectivity index (χ3v) is 14.0. The molecule has 1 aliphatic carbocycles.